The molecule has 0 saturated carbocycles. The fraction of sp³-hybridized carbons (Fsp3) is 0.550. The number of carbonyl (C=O) groups is 2. The summed E-state index contributed by atoms with van der Waals surface area (Å²) in [5, 5.41) is 6.05. The Labute approximate surface area is 188 Å². The zero-order valence-corrected chi connectivity index (χ0v) is 19.3. The van der Waals surface area contributed by atoms with Crippen LogP contribution in [-0.4, -0.2) is 62.6 Å². The Kier molecular flexibility index (Phi) is 11.6. The van der Waals surface area contributed by atoms with E-state index in [1.54, 1.807) is 12.1 Å². The van der Waals surface area contributed by atoms with Gasteiger partial charge in [-0.1, -0.05) is 12.1 Å². The third kappa shape index (κ3) is 8.55. The molecule has 1 aromatic carbocycles. The first-order chi connectivity index (χ1) is 13.5. The van der Waals surface area contributed by atoms with Gasteiger partial charge in [-0.2, -0.15) is 0 Å². The molecule has 1 saturated heterocycles. The number of hydrogen-bond donors (Lipinski definition) is 2. The number of likely N-dealkylation sites (tertiary alicyclic amines) is 1. The van der Waals surface area contributed by atoms with Gasteiger partial charge in [0.15, 0.2) is 5.96 Å². The maximum atomic E-state index is 13.2. The molecule has 9 heteroatoms. The highest BCUT2D eigenvalue weighted by atomic mass is 127. The molecule has 29 heavy (non-hydrogen) atoms. The molecule has 1 heterocycles. The lowest BCUT2D eigenvalue weighted by molar-refractivity contribution is -0.146. The summed E-state index contributed by atoms with van der Waals surface area (Å²) in [6.07, 6.45) is 1.62. The number of guanidine groups is 1. The van der Waals surface area contributed by atoms with Gasteiger partial charge in [0.25, 0.3) is 0 Å². The first kappa shape index (κ1) is 25.1. The van der Waals surface area contributed by atoms with Crippen molar-refractivity contribution in [2.24, 2.45) is 10.9 Å². The summed E-state index contributed by atoms with van der Waals surface area (Å²) in [6, 6.07) is 6.03. The molecule has 0 unspecified atom stereocenters. The number of hydrogen-bond acceptors (Lipinski definition) is 4. The maximum Gasteiger partial charge on any atom is 0.308 e. The van der Waals surface area contributed by atoms with Crippen LogP contribution in [0.2, 0.25) is 0 Å². The standard InChI is InChI=1S/C20H29FN4O3.HI/c1-3-22-20(25-11-7-16(8-12-25)19(27)28-2)24-10-9-23-18(26)14-15-5-4-6-17(21)13-15;/h4-6,13,16H,3,7-12,14H2,1-2H3,(H,22,24)(H,23,26);1H. The average Bonchev–Trinajstić information content (AvgIpc) is 2.70. The van der Waals surface area contributed by atoms with E-state index in [4.69, 9.17) is 4.74 Å². The van der Waals surface area contributed by atoms with Crippen molar-refractivity contribution in [3.05, 3.63) is 35.6 Å². The Bertz CT molecular complexity index is 694. The maximum absolute atomic E-state index is 13.2. The number of nitrogens with one attached hydrogen (secondary N) is 2. The minimum Gasteiger partial charge on any atom is -0.469 e. The summed E-state index contributed by atoms with van der Waals surface area (Å²) < 4.78 is 18.0. The van der Waals surface area contributed by atoms with Crippen LogP contribution < -0.4 is 10.6 Å². The number of amides is 1. The van der Waals surface area contributed by atoms with Crippen molar-refractivity contribution in [3.63, 3.8) is 0 Å². The van der Waals surface area contributed by atoms with E-state index >= 15 is 0 Å². The second kappa shape index (κ2) is 13.3. The van der Waals surface area contributed by atoms with Crippen LogP contribution in [-0.2, 0) is 20.7 Å². The van der Waals surface area contributed by atoms with Crippen LogP contribution in [0.1, 0.15) is 25.3 Å². The summed E-state index contributed by atoms with van der Waals surface area (Å²) in [4.78, 5) is 30.3. The number of aliphatic imine (C=N–C) groups is 1. The molecule has 1 aliphatic heterocycles. The highest BCUT2D eigenvalue weighted by molar-refractivity contribution is 14.0. The second-order valence-electron chi connectivity index (χ2n) is 6.68. The first-order valence-corrected chi connectivity index (χ1v) is 9.65. The van der Waals surface area contributed by atoms with Gasteiger partial charge in [0.05, 0.1) is 26.0 Å². The van der Waals surface area contributed by atoms with E-state index < -0.39 is 0 Å². The molecule has 2 N–H and O–H groups in total. The quantitative estimate of drug-likeness (QED) is 0.189. The van der Waals surface area contributed by atoms with E-state index in [1.165, 1.54) is 19.2 Å². The fourth-order valence-corrected chi connectivity index (χ4v) is 3.17. The summed E-state index contributed by atoms with van der Waals surface area (Å²) in [5.74, 6) is 0.0740. The van der Waals surface area contributed by atoms with E-state index in [1.807, 2.05) is 6.92 Å². The van der Waals surface area contributed by atoms with Crippen molar-refractivity contribution >= 4 is 41.8 Å². The molecule has 0 radical (unpaired) electrons. The van der Waals surface area contributed by atoms with Crippen molar-refractivity contribution < 1.29 is 18.7 Å². The number of piperidine rings is 1. The number of halogens is 2. The van der Waals surface area contributed by atoms with Gasteiger partial charge in [0, 0.05) is 26.2 Å². The van der Waals surface area contributed by atoms with E-state index in [9.17, 15) is 14.0 Å². The molecule has 0 spiro atoms. The van der Waals surface area contributed by atoms with Crippen LogP contribution in [0.3, 0.4) is 0 Å². The van der Waals surface area contributed by atoms with Crippen molar-refractivity contribution in [3.8, 4) is 0 Å². The van der Waals surface area contributed by atoms with Crippen LogP contribution in [0.4, 0.5) is 4.39 Å². The number of rotatable bonds is 7. The summed E-state index contributed by atoms with van der Waals surface area (Å²) in [6.45, 7) is 5.05. The summed E-state index contributed by atoms with van der Waals surface area (Å²) in [7, 11) is 1.42. The molecular formula is C20H30FIN4O3. The molecule has 1 fully saturated rings. The van der Waals surface area contributed by atoms with Gasteiger partial charge in [0.1, 0.15) is 5.82 Å². The van der Waals surface area contributed by atoms with E-state index in [0.717, 1.165) is 38.4 Å². The molecule has 1 aromatic rings. The van der Waals surface area contributed by atoms with Crippen LogP contribution >= 0.6 is 24.0 Å². The molecular weight excluding hydrogens is 490 g/mol. The third-order valence-corrected chi connectivity index (χ3v) is 4.61. The number of methoxy groups -OCH3 is 1. The monoisotopic (exact) mass is 520 g/mol. The largest absolute Gasteiger partial charge is 0.469 e. The lowest BCUT2D eigenvalue weighted by Gasteiger charge is -2.33. The second-order valence-corrected chi connectivity index (χ2v) is 6.68. The Morgan fingerprint density at radius 3 is 2.62 bits per heavy atom. The number of ether oxygens (including phenoxy) is 1. The van der Waals surface area contributed by atoms with Crippen molar-refractivity contribution in [2.75, 3.05) is 39.8 Å². The van der Waals surface area contributed by atoms with E-state index in [-0.39, 0.29) is 54.0 Å². The summed E-state index contributed by atoms with van der Waals surface area (Å²) in [5.41, 5.74) is 0.641. The topological polar surface area (TPSA) is 83.0 Å². The predicted octanol–water partition coefficient (Wildman–Crippen LogP) is 1.95. The molecule has 1 amide bonds. The third-order valence-electron chi connectivity index (χ3n) is 4.61. The molecule has 2 rings (SSSR count). The lowest BCUT2D eigenvalue weighted by atomic mass is 9.97. The molecule has 0 aliphatic carbocycles. The van der Waals surface area contributed by atoms with Gasteiger partial charge in [0.2, 0.25) is 5.91 Å². The number of carbonyl (C=O) groups excluding carboxylic acids is 2. The van der Waals surface area contributed by atoms with Crippen molar-refractivity contribution in [1.82, 2.24) is 15.5 Å². The van der Waals surface area contributed by atoms with Gasteiger partial charge in [-0.25, -0.2) is 4.39 Å². The smallest absolute Gasteiger partial charge is 0.308 e. The van der Waals surface area contributed by atoms with Gasteiger partial charge < -0.3 is 20.3 Å². The van der Waals surface area contributed by atoms with E-state index in [0.29, 0.717) is 18.7 Å². The molecule has 0 atom stereocenters. The highest BCUT2D eigenvalue weighted by Crippen LogP contribution is 2.18. The van der Waals surface area contributed by atoms with Crippen LogP contribution in [0.5, 0.6) is 0 Å². The van der Waals surface area contributed by atoms with Gasteiger partial charge in [-0.15, -0.1) is 24.0 Å². The Morgan fingerprint density at radius 1 is 1.28 bits per heavy atom. The van der Waals surface area contributed by atoms with Crippen LogP contribution in [0.15, 0.2) is 29.3 Å². The molecule has 0 aromatic heterocycles. The minimum absolute atomic E-state index is 0. The Morgan fingerprint density at radius 2 is 2.00 bits per heavy atom. The van der Waals surface area contributed by atoms with Crippen LogP contribution in [0.25, 0.3) is 0 Å². The number of esters is 1. The summed E-state index contributed by atoms with van der Waals surface area (Å²) >= 11 is 0. The molecule has 1 aliphatic rings. The average molecular weight is 520 g/mol. The fourth-order valence-electron chi connectivity index (χ4n) is 3.17. The van der Waals surface area contributed by atoms with Gasteiger partial charge in [-0.3, -0.25) is 14.6 Å². The molecule has 162 valence electrons. The zero-order chi connectivity index (χ0) is 20.4. The zero-order valence-electron chi connectivity index (χ0n) is 16.9. The Balaban J connectivity index is 0.00000420. The predicted molar refractivity (Wildman–Crippen MR) is 121 cm³/mol. The number of nitrogens with zero attached hydrogens (tertiary/aromatic N) is 2. The van der Waals surface area contributed by atoms with Gasteiger partial charge in [-0.05, 0) is 37.5 Å². The lowest BCUT2D eigenvalue weighted by Crippen LogP contribution is -2.47. The van der Waals surface area contributed by atoms with Crippen LogP contribution in [0, 0.1) is 11.7 Å². The SMILES string of the molecule is CCNC(=NCCNC(=O)Cc1cccc(F)c1)N1CCC(C(=O)OC)CC1.I. The molecule has 0 bridgehead atoms. The minimum atomic E-state index is -0.346. The first-order valence-electron chi connectivity index (χ1n) is 9.65. The van der Waals surface area contributed by atoms with E-state index in [2.05, 4.69) is 20.5 Å². The Hall–Kier alpha value is -1.91. The van der Waals surface area contributed by atoms with Crippen molar-refractivity contribution in [1.29, 1.82) is 0 Å². The normalized spacial score (nSPS) is 14.7. The van der Waals surface area contributed by atoms with Gasteiger partial charge >= 0.3 is 5.97 Å². The molecule has 7 nitrogen and oxygen atoms in total. The highest BCUT2D eigenvalue weighted by Gasteiger charge is 2.26. The number of benzene rings is 1. The van der Waals surface area contributed by atoms with Crippen molar-refractivity contribution in [2.45, 2.75) is 26.2 Å².